The van der Waals surface area contributed by atoms with Gasteiger partial charge in [0.2, 0.25) is 0 Å². The molecule has 110 valence electrons. The summed E-state index contributed by atoms with van der Waals surface area (Å²) in [5, 5.41) is 2.92. The summed E-state index contributed by atoms with van der Waals surface area (Å²) in [7, 11) is 0. The van der Waals surface area contributed by atoms with Crippen molar-refractivity contribution in [2.75, 3.05) is 19.6 Å². The number of hydrogen-bond donors (Lipinski definition) is 1. The van der Waals surface area contributed by atoms with Gasteiger partial charge < -0.3 is 5.32 Å². The number of benzene rings is 1. The number of rotatable bonds is 4. The van der Waals surface area contributed by atoms with Crippen LogP contribution in [-0.2, 0) is 0 Å². The minimum absolute atomic E-state index is 0.158. The van der Waals surface area contributed by atoms with Crippen LogP contribution in [0.15, 0.2) is 22.7 Å². The third-order valence-corrected chi connectivity index (χ3v) is 4.36. The summed E-state index contributed by atoms with van der Waals surface area (Å²) >= 11 is 3.09. The van der Waals surface area contributed by atoms with Gasteiger partial charge in [-0.15, -0.1) is 0 Å². The zero-order valence-electron chi connectivity index (χ0n) is 11.7. The summed E-state index contributed by atoms with van der Waals surface area (Å²) in [6.07, 6.45) is 3.78. The van der Waals surface area contributed by atoms with Gasteiger partial charge in [-0.05, 0) is 67.0 Å². The van der Waals surface area contributed by atoms with E-state index in [2.05, 4.69) is 33.1 Å². The van der Waals surface area contributed by atoms with Gasteiger partial charge in [0.05, 0.1) is 4.47 Å². The van der Waals surface area contributed by atoms with Gasteiger partial charge in [0.15, 0.2) is 0 Å². The van der Waals surface area contributed by atoms with Gasteiger partial charge in [-0.25, -0.2) is 4.39 Å². The van der Waals surface area contributed by atoms with Gasteiger partial charge in [0.25, 0.3) is 5.91 Å². The molecule has 3 nitrogen and oxygen atoms in total. The molecule has 1 fully saturated rings. The van der Waals surface area contributed by atoms with Crippen LogP contribution in [0.2, 0.25) is 0 Å². The maximum absolute atomic E-state index is 13.1. The van der Waals surface area contributed by atoms with Crippen molar-refractivity contribution in [3.05, 3.63) is 34.1 Å². The average molecular weight is 343 g/mol. The van der Waals surface area contributed by atoms with Gasteiger partial charge in [-0.2, -0.15) is 0 Å². The number of halogens is 2. The molecule has 1 aliphatic heterocycles. The van der Waals surface area contributed by atoms with Gasteiger partial charge >= 0.3 is 0 Å². The first kappa shape index (κ1) is 15.4. The van der Waals surface area contributed by atoms with Crippen LogP contribution in [0.4, 0.5) is 4.39 Å². The second-order valence-electron chi connectivity index (χ2n) is 5.28. The number of nitrogens with one attached hydrogen (secondary N) is 1. The molecule has 0 aromatic heterocycles. The Morgan fingerprint density at radius 2 is 2.10 bits per heavy atom. The average Bonchev–Trinajstić information content (AvgIpc) is 2.48. The molecule has 1 amide bonds. The van der Waals surface area contributed by atoms with Gasteiger partial charge in [-0.3, -0.25) is 9.69 Å². The molecule has 0 radical (unpaired) electrons. The van der Waals surface area contributed by atoms with Crippen molar-refractivity contribution in [3.63, 3.8) is 0 Å². The molecule has 20 heavy (non-hydrogen) atoms. The summed E-state index contributed by atoms with van der Waals surface area (Å²) in [6, 6.07) is 4.65. The number of likely N-dealkylation sites (tertiary alicyclic amines) is 1. The zero-order chi connectivity index (χ0) is 14.5. The predicted molar refractivity (Wildman–Crippen MR) is 81.3 cm³/mol. The van der Waals surface area contributed by atoms with Crippen molar-refractivity contribution < 1.29 is 9.18 Å². The summed E-state index contributed by atoms with van der Waals surface area (Å²) in [5.41, 5.74) is 0.476. The van der Waals surface area contributed by atoms with E-state index < -0.39 is 0 Å². The van der Waals surface area contributed by atoms with Crippen molar-refractivity contribution in [2.45, 2.75) is 32.2 Å². The van der Waals surface area contributed by atoms with Gasteiger partial charge in [-0.1, -0.05) is 6.42 Å². The van der Waals surface area contributed by atoms with Crippen molar-refractivity contribution in [1.82, 2.24) is 10.2 Å². The van der Waals surface area contributed by atoms with Crippen LogP contribution in [-0.4, -0.2) is 36.5 Å². The monoisotopic (exact) mass is 342 g/mol. The Labute approximate surface area is 127 Å². The Morgan fingerprint density at radius 3 is 2.75 bits per heavy atom. The Morgan fingerprint density at radius 1 is 1.40 bits per heavy atom. The summed E-state index contributed by atoms with van der Waals surface area (Å²) in [6.45, 7) is 4.97. The van der Waals surface area contributed by atoms with Crippen LogP contribution in [0.25, 0.3) is 0 Å². The third kappa shape index (κ3) is 4.03. The fourth-order valence-corrected chi connectivity index (χ4v) is 2.85. The number of carbonyl (C=O) groups excluding carboxylic acids is 1. The van der Waals surface area contributed by atoms with Crippen molar-refractivity contribution in [1.29, 1.82) is 0 Å². The molecule has 0 bridgehead atoms. The Kier molecular flexibility index (Phi) is 5.54. The van der Waals surface area contributed by atoms with Crippen LogP contribution in [0, 0.1) is 5.82 Å². The lowest BCUT2D eigenvalue weighted by molar-refractivity contribution is 0.0930. The highest BCUT2D eigenvalue weighted by Gasteiger charge is 2.17. The molecule has 5 heteroatoms. The molecule has 1 aromatic carbocycles. The van der Waals surface area contributed by atoms with E-state index in [1.165, 1.54) is 37.5 Å². The van der Waals surface area contributed by atoms with Crippen LogP contribution >= 0.6 is 15.9 Å². The third-order valence-electron chi connectivity index (χ3n) is 3.75. The van der Waals surface area contributed by atoms with E-state index in [0.717, 1.165) is 13.1 Å². The van der Waals surface area contributed by atoms with E-state index in [1.807, 2.05) is 0 Å². The minimum Gasteiger partial charge on any atom is -0.350 e. The summed E-state index contributed by atoms with van der Waals surface area (Å²) in [5.74, 6) is -0.516. The zero-order valence-corrected chi connectivity index (χ0v) is 13.2. The molecule has 0 spiro atoms. The number of piperidine rings is 1. The van der Waals surface area contributed by atoms with E-state index in [-0.39, 0.29) is 11.7 Å². The van der Waals surface area contributed by atoms with Crippen LogP contribution in [0.3, 0.4) is 0 Å². The molecule has 1 unspecified atom stereocenters. The first-order valence-electron chi connectivity index (χ1n) is 7.05. The summed E-state index contributed by atoms with van der Waals surface area (Å²) in [4.78, 5) is 14.4. The number of nitrogens with zero attached hydrogens (tertiary/aromatic N) is 1. The minimum atomic E-state index is -0.358. The number of hydrogen-bond acceptors (Lipinski definition) is 2. The fraction of sp³-hybridized carbons (Fsp3) is 0.533. The number of amides is 1. The van der Waals surface area contributed by atoms with E-state index in [0.29, 0.717) is 22.6 Å². The number of carbonyl (C=O) groups is 1. The van der Waals surface area contributed by atoms with Gasteiger partial charge in [0.1, 0.15) is 5.82 Å². The molecule has 1 aromatic rings. The molecule has 1 saturated heterocycles. The SMILES string of the molecule is CC(CNC(=O)c1ccc(F)c(Br)c1)N1CCCCC1. The second-order valence-corrected chi connectivity index (χ2v) is 6.14. The lowest BCUT2D eigenvalue weighted by atomic mass is 10.1. The van der Waals surface area contributed by atoms with E-state index in [4.69, 9.17) is 0 Å². The lowest BCUT2D eigenvalue weighted by Crippen LogP contribution is -2.44. The van der Waals surface area contributed by atoms with Crippen molar-refractivity contribution >= 4 is 21.8 Å². The Bertz CT molecular complexity index is 475. The molecule has 1 aliphatic rings. The van der Waals surface area contributed by atoms with Crippen LogP contribution in [0.5, 0.6) is 0 Å². The molecule has 1 atom stereocenters. The highest BCUT2D eigenvalue weighted by Crippen LogP contribution is 2.17. The molecule has 1 heterocycles. The summed E-state index contributed by atoms with van der Waals surface area (Å²) < 4.78 is 13.4. The molecule has 0 aliphatic carbocycles. The largest absolute Gasteiger partial charge is 0.350 e. The molecule has 2 rings (SSSR count). The Balaban J connectivity index is 1.86. The maximum atomic E-state index is 13.1. The van der Waals surface area contributed by atoms with E-state index in [9.17, 15) is 9.18 Å². The van der Waals surface area contributed by atoms with E-state index >= 15 is 0 Å². The second kappa shape index (κ2) is 7.18. The standard InChI is InChI=1S/C15H20BrFN2O/c1-11(19-7-3-2-4-8-19)10-18-15(20)12-5-6-14(17)13(16)9-12/h5-6,9,11H,2-4,7-8,10H2,1H3,(H,18,20). The molecular formula is C15H20BrFN2O. The molecular weight excluding hydrogens is 323 g/mol. The first-order chi connectivity index (χ1) is 9.58. The topological polar surface area (TPSA) is 32.3 Å². The Hall–Kier alpha value is -0.940. The molecule has 0 saturated carbocycles. The van der Waals surface area contributed by atoms with Crippen molar-refractivity contribution in [3.8, 4) is 0 Å². The smallest absolute Gasteiger partial charge is 0.251 e. The fourth-order valence-electron chi connectivity index (χ4n) is 2.47. The van der Waals surface area contributed by atoms with E-state index in [1.54, 1.807) is 0 Å². The quantitative estimate of drug-likeness (QED) is 0.911. The van der Waals surface area contributed by atoms with Gasteiger partial charge in [0, 0.05) is 18.2 Å². The van der Waals surface area contributed by atoms with Crippen LogP contribution in [0.1, 0.15) is 36.5 Å². The normalized spacial score (nSPS) is 17.8. The predicted octanol–water partition coefficient (Wildman–Crippen LogP) is 3.19. The first-order valence-corrected chi connectivity index (χ1v) is 7.84. The highest BCUT2D eigenvalue weighted by atomic mass is 79.9. The molecule has 1 N–H and O–H groups in total. The lowest BCUT2D eigenvalue weighted by Gasteiger charge is -2.32. The highest BCUT2D eigenvalue weighted by molar-refractivity contribution is 9.10. The van der Waals surface area contributed by atoms with Crippen LogP contribution < -0.4 is 5.32 Å². The maximum Gasteiger partial charge on any atom is 0.251 e. The van der Waals surface area contributed by atoms with Crippen molar-refractivity contribution in [2.24, 2.45) is 0 Å².